The molecule has 1 N–H and O–H groups in total. The van der Waals surface area contributed by atoms with E-state index in [0.29, 0.717) is 23.6 Å². The molecule has 1 fully saturated rings. The van der Waals surface area contributed by atoms with Crippen LogP contribution in [0.2, 0.25) is 0 Å². The molecule has 9 heteroatoms. The van der Waals surface area contributed by atoms with Gasteiger partial charge in [0.05, 0.1) is 23.4 Å². The molecule has 33 heavy (non-hydrogen) atoms. The number of carbonyl (C=O) groups excluding carboxylic acids is 1. The minimum absolute atomic E-state index is 0.0196. The van der Waals surface area contributed by atoms with Crippen molar-refractivity contribution in [3.8, 4) is 22.7 Å². The molecule has 3 aromatic rings. The van der Waals surface area contributed by atoms with Gasteiger partial charge in [-0.2, -0.15) is 5.10 Å². The number of likely N-dealkylation sites (tertiary alicyclic amines) is 1. The number of benzene rings is 2. The van der Waals surface area contributed by atoms with E-state index in [2.05, 4.69) is 15.3 Å². The maximum absolute atomic E-state index is 13.1. The predicted molar refractivity (Wildman–Crippen MR) is 125 cm³/mol. The summed E-state index contributed by atoms with van der Waals surface area (Å²) >= 11 is 0. The summed E-state index contributed by atoms with van der Waals surface area (Å²) in [6, 6.07) is 15.1. The van der Waals surface area contributed by atoms with Crippen LogP contribution in [0.3, 0.4) is 0 Å². The summed E-state index contributed by atoms with van der Waals surface area (Å²) in [5, 5.41) is 18.7. The van der Waals surface area contributed by atoms with Crippen LogP contribution in [0.4, 0.5) is 5.69 Å². The average Bonchev–Trinajstić information content (AvgIpc) is 3.30. The molecule has 172 valence electrons. The van der Waals surface area contributed by atoms with Crippen LogP contribution < -0.4 is 10.1 Å². The lowest BCUT2D eigenvalue weighted by molar-refractivity contribution is -0.384. The van der Waals surface area contributed by atoms with Crippen LogP contribution in [0, 0.1) is 10.1 Å². The molecule has 0 spiro atoms. The number of methoxy groups -OCH3 is 1. The second kappa shape index (κ2) is 10.3. The van der Waals surface area contributed by atoms with Crippen molar-refractivity contribution in [3.63, 3.8) is 0 Å². The first-order valence-corrected chi connectivity index (χ1v) is 11.0. The van der Waals surface area contributed by atoms with Gasteiger partial charge in [-0.15, -0.1) is 0 Å². The average molecular weight is 450 g/mol. The van der Waals surface area contributed by atoms with E-state index in [0.717, 1.165) is 30.9 Å². The molecule has 0 atom stereocenters. The molecule has 9 nitrogen and oxygen atoms in total. The smallest absolute Gasteiger partial charge is 0.270 e. The zero-order valence-corrected chi connectivity index (χ0v) is 18.6. The molecule has 0 radical (unpaired) electrons. The molecule has 0 unspecified atom stereocenters. The van der Waals surface area contributed by atoms with E-state index in [1.54, 1.807) is 25.3 Å². The Bertz CT molecular complexity index is 1100. The SMILES string of the molecule is COc1ccc(-c2cc(C(=O)NCCN3CCCCC3)n(-c3ccc([N+](=O)[O-])cc3)n2)cc1. The molecule has 2 aromatic carbocycles. The van der Waals surface area contributed by atoms with E-state index >= 15 is 0 Å². The Morgan fingerprint density at radius 1 is 1.09 bits per heavy atom. The molecule has 1 amide bonds. The zero-order chi connectivity index (χ0) is 23.2. The Balaban J connectivity index is 1.59. The van der Waals surface area contributed by atoms with Gasteiger partial charge in [0, 0.05) is 30.8 Å². The van der Waals surface area contributed by atoms with Gasteiger partial charge in [0.15, 0.2) is 0 Å². The summed E-state index contributed by atoms with van der Waals surface area (Å²) < 4.78 is 6.74. The van der Waals surface area contributed by atoms with E-state index in [1.807, 2.05) is 24.3 Å². The molecule has 2 heterocycles. The molecule has 0 aliphatic carbocycles. The molecular weight excluding hydrogens is 422 g/mol. The van der Waals surface area contributed by atoms with Crippen LogP contribution in [0.15, 0.2) is 54.6 Å². The number of nitrogens with one attached hydrogen (secondary N) is 1. The van der Waals surface area contributed by atoms with E-state index in [9.17, 15) is 14.9 Å². The van der Waals surface area contributed by atoms with Crippen molar-refractivity contribution in [2.24, 2.45) is 0 Å². The molecule has 0 saturated carbocycles. The van der Waals surface area contributed by atoms with Crippen LogP contribution in [-0.2, 0) is 0 Å². The number of piperidine rings is 1. The fourth-order valence-electron chi connectivity index (χ4n) is 3.96. The Hall–Kier alpha value is -3.72. The maximum atomic E-state index is 13.1. The fourth-order valence-corrected chi connectivity index (χ4v) is 3.96. The van der Waals surface area contributed by atoms with Gasteiger partial charge in [0.2, 0.25) is 0 Å². The Morgan fingerprint density at radius 2 is 1.79 bits per heavy atom. The largest absolute Gasteiger partial charge is 0.497 e. The number of non-ortho nitro benzene ring substituents is 1. The monoisotopic (exact) mass is 449 g/mol. The number of nitro benzene ring substituents is 1. The third-order valence-electron chi connectivity index (χ3n) is 5.80. The third kappa shape index (κ3) is 5.38. The number of hydrogen-bond acceptors (Lipinski definition) is 6. The van der Waals surface area contributed by atoms with Crippen molar-refractivity contribution in [2.75, 3.05) is 33.3 Å². The Labute approximate surface area is 192 Å². The molecule has 1 aromatic heterocycles. The highest BCUT2D eigenvalue weighted by Gasteiger charge is 2.19. The molecule has 1 saturated heterocycles. The van der Waals surface area contributed by atoms with Gasteiger partial charge < -0.3 is 15.0 Å². The second-order valence-electron chi connectivity index (χ2n) is 7.99. The summed E-state index contributed by atoms with van der Waals surface area (Å²) in [5.41, 5.74) is 2.37. The van der Waals surface area contributed by atoms with Crippen LogP contribution in [-0.4, -0.2) is 58.8 Å². The zero-order valence-electron chi connectivity index (χ0n) is 18.6. The highest BCUT2D eigenvalue weighted by molar-refractivity contribution is 5.94. The number of aromatic nitrogens is 2. The highest BCUT2D eigenvalue weighted by atomic mass is 16.6. The minimum Gasteiger partial charge on any atom is -0.497 e. The summed E-state index contributed by atoms with van der Waals surface area (Å²) in [5.74, 6) is 0.488. The molecule has 4 rings (SSSR count). The number of rotatable bonds is 8. The molecule has 1 aliphatic heterocycles. The van der Waals surface area contributed by atoms with Gasteiger partial charge in [-0.05, 0) is 68.4 Å². The lowest BCUT2D eigenvalue weighted by Crippen LogP contribution is -2.38. The van der Waals surface area contributed by atoms with Crippen molar-refractivity contribution < 1.29 is 14.5 Å². The minimum atomic E-state index is -0.454. The van der Waals surface area contributed by atoms with Crippen LogP contribution in [0.1, 0.15) is 29.8 Å². The van der Waals surface area contributed by atoms with E-state index < -0.39 is 4.92 Å². The van der Waals surface area contributed by atoms with Crippen LogP contribution in [0.25, 0.3) is 16.9 Å². The van der Waals surface area contributed by atoms with Gasteiger partial charge >= 0.3 is 0 Å². The predicted octanol–water partition coefficient (Wildman–Crippen LogP) is 3.67. The molecule has 0 bridgehead atoms. The van der Waals surface area contributed by atoms with Gasteiger partial charge in [0.25, 0.3) is 11.6 Å². The number of carbonyl (C=O) groups is 1. The fraction of sp³-hybridized carbons (Fsp3) is 0.333. The number of hydrogen-bond donors (Lipinski definition) is 1. The summed E-state index contributed by atoms with van der Waals surface area (Å²) in [4.78, 5) is 26.0. The topological polar surface area (TPSA) is 103 Å². The van der Waals surface area contributed by atoms with E-state index in [4.69, 9.17) is 4.74 Å². The number of amides is 1. The summed E-state index contributed by atoms with van der Waals surface area (Å²) in [6.07, 6.45) is 3.67. The van der Waals surface area contributed by atoms with Crippen molar-refractivity contribution in [3.05, 3.63) is 70.4 Å². The van der Waals surface area contributed by atoms with Gasteiger partial charge in [-0.3, -0.25) is 14.9 Å². The van der Waals surface area contributed by atoms with Gasteiger partial charge in [-0.25, -0.2) is 4.68 Å². The Morgan fingerprint density at radius 3 is 2.42 bits per heavy atom. The van der Waals surface area contributed by atoms with Gasteiger partial charge in [-0.1, -0.05) is 6.42 Å². The van der Waals surface area contributed by atoms with Crippen LogP contribution >= 0.6 is 0 Å². The van der Waals surface area contributed by atoms with Crippen molar-refractivity contribution in [1.29, 1.82) is 0 Å². The number of nitro groups is 1. The lowest BCUT2D eigenvalue weighted by atomic mass is 10.1. The van der Waals surface area contributed by atoms with Gasteiger partial charge in [0.1, 0.15) is 11.4 Å². The second-order valence-corrected chi connectivity index (χ2v) is 7.99. The molecule has 1 aliphatic rings. The quantitative estimate of drug-likeness (QED) is 0.416. The van der Waals surface area contributed by atoms with Crippen molar-refractivity contribution in [1.82, 2.24) is 20.0 Å². The van der Waals surface area contributed by atoms with E-state index in [-0.39, 0.29) is 11.6 Å². The maximum Gasteiger partial charge on any atom is 0.270 e. The lowest BCUT2D eigenvalue weighted by Gasteiger charge is -2.26. The first kappa shape index (κ1) is 22.5. The first-order valence-electron chi connectivity index (χ1n) is 11.0. The van der Waals surface area contributed by atoms with Crippen molar-refractivity contribution >= 4 is 11.6 Å². The van der Waals surface area contributed by atoms with Crippen LogP contribution in [0.5, 0.6) is 5.75 Å². The summed E-state index contributed by atoms with van der Waals surface area (Å²) in [7, 11) is 1.60. The standard InChI is InChI=1S/C24H27N5O4/c1-33-21-11-5-18(6-12-21)22-17-23(24(30)25-13-16-27-14-3-2-4-15-27)28(26-22)19-7-9-20(10-8-19)29(31)32/h5-12,17H,2-4,13-16H2,1H3,(H,25,30). The highest BCUT2D eigenvalue weighted by Crippen LogP contribution is 2.25. The number of nitrogens with zero attached hydrogens (tertiary/aromatic N) is 4. The Kier molecular flexibility index (Phi) is 6.99. The van der Waals surface area contributed by atoms with E-state index in [1.165, 1.54) is 36.1 Å². The normalized spacial score (nSPS) is 14.1. The molecular formula is C24H27N5O4. The number of ether oxygens (including phenoxy) is 1. The third-order valence-corrected chi connectivity index (χ3v) is 5.80. The van der Waals surface area contributed by atoms with Crippen molar-refractivity contribution in [2.45, 2.75) is 19.3 Å². The summed E-state index contributed by atoms with van der Waals surface area (Å²) in [6.45, 7) is 3.49. The first-order chi connectivity index (χ1) is 16.0.